The van der Waals surface area contributed by atoms with Gasteiger partial charge >= 0.3 is 7.82 Å². The molecule has 1 N–H and O–H groups in total. The van der Waals surface area contributed by atoms with E-state index in [4.69, 9.17) is 9.05 Å². The molecule has 1 rings (SSSR count). The molecule has 17 heavy (non-hydrogen) atoms. The molecule has 1 atom stereocenters. The number of quaternary nitrogens is 1. The lowest BCUT2D eigenvalue weighted by atomic mass is 10.2. The Balaban J connectivity index is 2.38. The normalized spacial score (nSPS) is 19.6. The first-order valence-corrected chi connectivity index (χ1v) is 7.12. The molecule has 0 saturated carbocycles. The predicted molar refractivity (Wildman–Crippen MR) is 66.2 cm³/mol. The van der Waals surface area contributed by atoms with Crippen LogP contribution < -0.4 is 0 Å². The molecule has 6 heteroatoms. The second kappa shape index (κ2) is 5.83. The monoisotopic (exact) mass is 262 g/mol. The number of allylic oxidation sites excluding steroid dienone is 3. The van der Waals surface area contributed by atoms with E-state index in [0.29, 0.717) is 16.8 Å². The summed E-state index contributed by atoms with van der Waals surface area (Å²) in [5.74, 6) is 0.410. The van der Waals surface area contributed by atoms with E-state index in [9.17, 15) is 9.46 Å². The van der Waals surface area contributed by atoms with Gasteiger partial charge in [-0.3, -0.25) is 9.42 Å². The largest absolute Gasteiger partial charge is 0.527 e. The summed E-state index contributed by atoms with van der Waals surface area (Å²) in [4.78, 5) is 9.49. The van der Waals surface area contributed by atoms with Crippen molar-refractivity contribution < 1.29 is 23.0 Å². The number of hydrogen-bond donors (Lipinski definition) is 1. The molecule has 1 aliphatic rings. The zero-order valence-corrected chi connectivity index (χ0v) is 11.5. The van der Waals surface area contributed by atoms with Crippen LogP contribution in [0.4, 0.5) is 0 Å². The van der Waals surface area contributed by atoms with Crippen LogP contribution in [0, 0.1) is 0 Å². The van der Waals surface area contributed by atoms with Crippen LogP contribution in [-0.4, -0.2) is 43.7 Å². The van der Waals surface area contributed by atoms with Gasteiger partial charge in [0.1, 0.15) is 18.9 Å². The Labute approximate surface area is 103 Å². The first kappa shape index (κ1) is 14.5. The van der Waals surface area contributed by atoms with E-state index in [1.165, 1.54) is 0 Å². The average Bonchev–Trinajstić information content (AvgIpc) is 2.15. The maximum Gasteiger partial charge on any atom is 0.527 e. The van der Waals surface area contributed by atoms with Crippen LogP contribution >= 0.6 is 7.82 Å². The Morgan fingerprint density at radius 2 is 2.12 bits per heavy atom. The van der Waals surface area contributed by atoms with Crippen molar-refractivity contribution in [1.82, 2.24) is 0 Å². The van der Waals surface area contributed by atoms with Crippen LogP contribution in [0.3, 0.4) is 0 Å². The minimum atomic E-state index is -3.98. The molecule has 0 aromatic heterocycles. The number of phosphoric ester groups is 1. The Morgan fingerprint density at radius 1 is 1.41 bits per heavy atom. The molecule has 5 nitrogen and oxygen atoms in total. The maximum atomic E-state index is 11.6. The van der Waals surface area contributed by atoms with E-state index >= 15 is 0 Å². The number of likely N-dealkylation sites (N-methyl/N-ethyl adjacent to an activating group) is 1. The topological polar surface area (TPSA) is 55.8 Å². The van der Waals surface area contributed by atoms with E-state index in [1.54, 1.807) is 12.2 Å². The summed E-state index contributed by atoms with van der Waals surface area (Å²) in [7, 11) is 1.98. The van der Waals surface area contributed by atoms with Gasteiger partial charge in [0.25, 0.3) is 0 Å². The van der Waals surface area contributed by atoms with E-state index < -0.39 is 7.82 Å². The lowest BCUT2D eigenvalue weighted by Crippen LogP contribution is -2.37. The van der Waals surface area contributed by atoms with Gasteiger partial charge in [0.15, 0.2) is 0 Å². The third kappa shape index (κ3) is 6.64. The molecular formula is C11H21NO4P+. The molecule has 98 valence electrons. The molecule has 0 aromatic carbocycles. The zero-order chi connectivity index (χ0) is 12.9. The highest BCUT2D eigenvalue weighted by atomic mass is 31.2. The molecule has 0 heterocycles. The van der Waals surface area contributed by atoms with Crippen molar-refractivity contribution in [3.05, 3.63) is 24.0 Å². The van der Waals surface area contributed by atoms with E-state index in [2.05, 4.69) is 0 Å². The summed E-state index contributed by atoms with van der Waals surface area (Å²) < 4.78 is 22.1. The van der Waals surface area contributed by atoms with Crippen molar-refractivity contribution in [2.45, 2.75) is 12.8 Å². The summed E-state index contributed by atoms with van der Waals surface area (Å²) >= 11 is 0. The number of phosphoric acid groups is 1. The van der Waals surface area contributed by atoms with Gasteiger partial charge in [-0.25, -0.2) is 4.57 Å². The molecule has 0 aliphatic heterocycles. The van der Waals surface area contributed by atoms with Gasteiger partial charge in [-0.15, -0.1) is 0 Å². The summed E-state index contributed by atoms with van der Waals surface area (Å²) in [6, 6.07) is 0. The van der Waals surface area contributed by atoms with Crippen molar-refractivity contribution in [3.8, 4) is 0 Å². The highest BCUT2D eigenvalue weighted by molar-refractivity contribution is 7.47. The Morgan fingerprint density at radius 3 is 2.65 bits per heavy atom. The number of nitrogens with zero attached hydrogens (tertiary/aromatic N) is 1. The summed E-state index contributed by atoms with van der Waals surface area (Å²) in [6.07, 6.45) is 7.14. The quantitative estimate of drug-likeness (QED) is 0.588. The second-order valence-corrected chi connectivity index (χ2v) is 6.37. The molecule has 0 amide bonds. The highest BCUT2D eigenvalue weighted by Gasteiger charge is 2.24. The van der Waals surface area contributed by atoms with E-state index in [1.807, 2.05) is 27.2 Å². The fraction of sp³-hybridized carbons (Fsp3) is 0.636. The van der Waals surface area contributed by atoms with Gasteiger partial charge in [0, 0.05) is 0 Å². The van der Waals surface area contributed by atoms with E-state index in [0.717, 1.165) is 12.8 Å². The summed E-state index contributed by atoms with van der Waals surface area (Å²) in [5.41, 5.74) is 0. The predicted octanol–water partition coefficient (Wildman–Crippen LogP) is 2.06. The molecule has 0 spiro atoms. The lowest BCUT2D eigenvalue weighted by Gasteiger charge is -2.24. The minimum Gasteiger partial charge on any atom is -0.404 e. The highest BCUT2D eigenvalue weighted by Crippen LogP contribution is 2.46. The Bertz CT molecular complexity index is 357. The van der Waals surface area contributed by atoms with Gasteiger partial charge in [-0.05, 0) is 25.0 Å². The first-order valence-electron chi connectivity index (χ1n) is 5.63. The van der Waals surface area contributed by atoms with Crippen LogP contribution in [0.5, 0.6) is 0 Å². The number of hydrogen-bond acceptors (Lipinski definition) is 3. The fourth-order valence-corrected chi connectivity index (χ4v) is 2.01. The molecule has 1 unspecified atom stereocenters. The Kier molecular flexibility index (Phi) is 4.95. The summed E-state index contributed by atoms with van der Waals surface area (Å²) in [5, 5.41) is 0. The maximum absolute atomic E-state index is 11.6. The number of rotatable bonds is 6. The van der Waals surface area contributed by atoms with Crippen LogP contribution in [-0.2, 0) is 13.6 Å². The van der Waals surface area contributed by atoms with Crippen LogP contribution in [0.1, 0.15) is 12.8 Å². The molecule has 0 radical (unpaired) electrons. The standard InChI is InChI=1S/C11H20NO4P/c1-12(2,3)9-10-15-17(13,14)16-11-7-5-4-6-8-11/h5,7-8H,4,6,9-10H2,1-3H3/p+1. The third-order valence-corrected chi connectivity index (χ3v) is 3.15. The Hall–Kier alpha value is -0.610. The first-order chi connectivity index (χ1) is 7.79. The SMILES string of the molecule is C[N+](C)(C)CCOP(=O)(O)OC1=CCCC=C1. The molecule has 0 aromatic rings. The fourth-order valence-electron chi connectivity index (χ4n) is 1.25. The zero-order valence-electron chi connectivity index (χ0n) is 10.6. The van der Waals surface area contributed by atoms with E-state index in [-0.39, 0.29) is 6.61 Å². The lowest BCUT2D eigenvalue weighted by molar-refractivity contribution is -0.870. The van der Waals surface area contributed by atoms with Crippen LogP contribution in [0.2, 0.25) is 0 Å². The second-order valence-electron chi connectivity index (χ2n) is 4.99. The van der Waals surface area contributed by atoms with Gasteiger partial charge in [-0.2, -0.15) is 0 Å². The van der Waals surface area contributed by atoms with Gasteiger partial charge in [0.2, 0.25) is 0 Å². The third-order valence-electron chi connectivity index (χ3n) is 2.20. The van der Waals surface area contributed by atoms with Crippen molar-refractivity contribution in [1.29, 1.82) is 0 Å². The van der Waals surface area contributed by atoms with Crippen molar-refractivity contribution >= 4 is 7.82 Å². The van der Waals surface area contributed by atoms with Gasteiger partial charge in [0.05, 0.1) is 21.1 Å². The molecule has 0 saturated heterocycles. The van der Waals surface area contributed by atoms with Gasteiger partial charge in [-0.1, -0.05) is 6.08 Å². The minimum absolute atomic E-state index is 0.189. The molecule has 0 fully saturated rings. The molecule has 1 aliphatic carbocycles. The van der Waals surface area contributed by atoms with Crippen molar-refractivity contribution in [2.75, 3.05) is 34.3 Å². The van der Waals surface area contributed by atoms with Crippen LogP contribution in [0.15, 0.2) is 24.0 Å². The molecule has 0 bridgehead atoms. The summed E-state index contributed by atoms with van der Waals surface area (Å²) in [6.45, 7) is 0.830. The van der Waals surface area contributed by atoms with Crippen LogP contribution in [0.25, 0.3) is 0 Å². The molecular weight excluding hydrogens is 241 g/mol. The smallest absolute Gasteiger partial charge is 0.404 e. The van der Waals surface area contributed by atoms with Crippen molar-refractivity contribution in [2.24, 2.45) is 0 Å². The van der Waals surface area contributed by atoms with Crippen molar-refractivity contribution in [3.63, 3.8) is 0 Å². The average molecular weight is 262 g/mol. The van der Waals surface area contributed by atoms with Gasteiger partial charge < -0.3 is 9.01 Å².